The van der Waals surface area contributed by atoms with Crippen LogP contribution in [0.15, 0.2) is 6.07 Å². The summed E-state index contributed by atoms with van der Waals surface area (Å²) >= 11 is 0. The summed E-state index contributed by atoms with van der Waals surface area (Å²) in [5.74, 6) is -1.18. The number of fused-ring (bicyclic) bond motifs is 1. The first-order valence-corrected chi connectivity index (χ1v) is 12.4. The molecule has 2 fully saturated rings. The van der Waals surface area contributed by atoms with Gasteiger partial charge in [-0.3, -0.25) is 10.1 Å². The molecule has 4 rings (SSSR count). The molecular formula is C20H25N5O6S. The first-order chi connectivity index (χ1) is 15.2. The summed E-state index contributed by atoms with van der Waals surface area (Å²) in [5.41, 5.74) is 1.93. The smallest absolute Gasteiger partial charge is 0.339 e. The van der Waals surface area contributed by atoms with E-state index in [2.05, 4.69) is 15.7 Å². The van der Waals surface area contributed by atoms with E-state index in [1.54, 1.807) is 24.6 Å². The molecule has 32 heavy (non-hydrogen) atoms. The second-order valence-electron chi connectivity index (χ2n) is 8.14. The zero-order valence-electron chi connectivity index (χ0n) is 17.9. The van der Waals surface area contributed by atoms with Gasteiger partial charge in [-0.05, 0) is 39.2 Å². The topological polar surface area (TPSA) is 149 Å². The van der Waals surface area contributed by atoms with Crippen LogP contribution in [0.3, 0.4) is 0 Å². The summed E-state index contributed by atoms with van der Waals surface area (Å²) < 4.78 is 30.7. The molecule has 2 aromatic rings. The Morgan fingerprint density at radius 2 is 2.00 bits per heavy atom. The number of sulfone groups is 1. The number of nitrogens with zero attached hydrogens (tertiary/aromatic N) is 3. The van der Waals surface area contributed by atoms with Crippen molar-refractivity contribution in [2.45, 2.75) is 45.1 Å². The molecule has 1 atom stereocenters. The van der Waals surface area contributed by atoms with E-state index in [0.717, 1.165) is 18.5 Å². The number of aromatic nitrogens is 3. The fourth-order valence-corrected chi connectivity index (χ4v) is 5.57. The zero-order chi connectivity index (χ0) is 23.0. The van der Waals surface area contributed by atoms with Gasteiger partial charge < -0.3 is 10.1 Å². The van der Waals surface area contributed by atoms with Crippen molar-refractivity contribution in [3.63, 3.8) is 0 Å². The van der Waals surface area contributed by atoms with Gasteiger partial charge in [0.25, 0.3) is 5.91 Å². The molecule has 0 spiro atoms. The van der Waals surface area contributed by atoms with E-state index in [4.69, 9.17) is 9.72 Å². The SMILES string of the molecule is CCNC(=O)NC(=O)COC(=O)c1cc(C2CC2)nc2c1c(C)nn2C1CCS(=O)(=O)C1. The molecule has 1 aliphatic carbocycles. The number of ether oxygens (including phenoxy) is 1. The Bertz CT molecular complexity index is 1200. The molecule has 2 N–H and O–H groups in total. The predicted molar refractivity (Wildman–Crippen MR) is 114 cm³/mol. The molecule has 3 heterocycles. The number of carbonyl (C=O) groups is 3. The first-order valence-electron chi connectivity index (χ1n) is 10.5. The number of nitrogens with one attached hydrogen (secondary N) is 2. The van der Waals surface area contributed by atoms with E-state index in [1.807, 2.05) is 0 Å². The maximum atomic E-state index is 12.9. The molecule has 0 bridgehead atoms. The molecule has 12 heteroatoms. The van der Waals surface area contributed by atoms with Gasteiger partial charge in [0.1, 0.15) is 0 Å². The lowest BCUT2D eigenvalue weighted by molar-refractivity contribution is -0.123. The van der Waals surface area contributed by atoms with Gasteiger partial charge in [-0.1, -0.05) is 0 Å². The number of imide groups is 1. The number of carbonyl (C=O) groups excluding carboxylic acids is 3. The molecule has 2 aliphatic rings. The lowest BCUT2D eigenvalue weighted by Crippen LogP contribution is -2.41. The number of pyridine rings is 1. The Morgan fingerprint density at radius 1 is 1.25 bits per heavy atom. The van der Waals surface area contributed by atoms with Gasteiger partial charge in [-0.25, -0.2) is 27.7 Å². The average molecular weight is 464 g/mol. The van der Waals surface area contributed by atoms with Crippen LogP contribution in [-0.2, 0) is 19.4 Å². The van der Waals surface area contributed by atoms with Gasteiger partial charge in [0.15, 0.2) is 22.1 Å². The Balaban J connectivity index is 1.63. The van der Waals surface area contributed by atoms with Crippen molar-refractivity contribution in [1.29, 1.82) is 0 Å². The number of urea groups is 1. The number of hydrogen-bond acceptors (Lipinski definition) is 8. The number of hydrogen-bond donors (Lipinski definition) is 2. The second kappa shape index (κ2) is 8.49. The lowest BCUT2D eigenvalue weighted by atomic mass is 10.1. The van der Waals surface area contributed by atoms with E-state index in [9.17, 15) is 22.8 Å². The quantitative estimate of drug-likeness (QED) is 0.602. The van der Waals surface area contributed by atoms with Crippen molar-refractivity contribution >= 4 is 38.8 Å². The summed E-state index contributed by atoms with van der Waals surface area (Å²) in [7, 11) is -3.13. The summed E-state index contributed by atoms with van der Waals surface area (Å²) in [4.78, 5) is 40.9. The minimum Gasteiger partial charge on any atom is -0.452 e. The maximum absolute atomic E-state index is 12.9. The highest BCUT2D eigenvalue weighted by Gasteiger charge is 2.34. The Kier molecular flexibility index (Phi) is 5.89. The van der Waals surface area contributed by atoms with Crippen LogP contribution in [0.1, 0.15) is 59.9 Å². The third-order valence-electron chi connectivity index (χ3n) is 5.55. The van der Waals surface area contributed by atoms with Crippen LogP contribution in [0, 0.1) is 6.92 Å². The first kappa shape index (κ1) is 22.2. The fraction of sp³-hybridized carbons (Fsp3) is 0.550. The third kappa shape index (κ3) is 4.59. The van der Waals surface area contributed by atoms with E-state index < -0.39 is 34.4 Å². The summed E-state index contributed by atoms with van der Waals surface area (Å²) in [6, 6.07) is 0.651. The molecule has 1 saturated heterocycles. The molecule has 11 nitrogen and oxygen atoms in total. The fourth-order valence-electron chi connectivity index (χ4n) is 3.88. The Labute approximate surface area is 184 Å². The molecule has 1 saturated carbocycles. The highest BCUT2D eigenvalue weighted by atomic mass is 32.2. The van der Waals surface area contributed by atoms with Crippen LogP contribution in [0.2, 0.25) is 0 Å². The van der Waals surface area contributed by atoms with Crippen LogP contribution in [0.4, 0.5) is 4.79 Å². The van der Waals surface area contributed by atoms with Crippen LogP contribution >= 0.6 is 0 Å². The summed E-state index contributed by atoms with van der Waals surface area (Å²) in [5, 5.41) is 9.47. The number of rotatable bonds is 6. The normalized spacial score (nSPS) is 19.6. The predicted octanol–water partition coefficient (Wildman–Crippen LogP) is 0.979. The zero-order valence-corrected chi connectivity index (χ0v) is 18.7. The third-order valence-corrected chi connectivity index (χ3v) is 7.30. The standard InChI is InChI=1S/C20H25N5O6S/c1-3-21-20(28)23-16(26)9-31-19(27)14-8-15(12-4-5-12)22-18-17(14)11(2)24-25(18)13-6-7-32(29,30)10-13/h8,12-13H,3-7,9-10H2,1-2H3,(H2,21,23,26,28). The van der Waals surface area contributed by atoms with E-state index in [0.29, 0.717) is 29.7 Å². The van der Waals surface area contributed by atoms with E-state index in [1.165, 1.54) is 0 Å². The molecule has 1 unspecified atom stereocenters. The highest BCUT2D eigenvalue weighted by Crippen LogP contribution is 2.41. The van der Waals surface area contributed by atoms with Gasteiger partial charge in [0, 0.05) is 18.2 Å². The minimum absolute atomic E-state index is 0.0155. The maximum Gasteiger partial charge on any atom is 0.339 e. The van der Waals surface area contributed by atoms with Crippen LogP contribution in [0.5, 0.6) is 0 Å². The van der Waals surface area contributed by atoms with Crippen LogP contribution < -0.4 is 10.6 Å². The highest BCUT2D eigenvalue weighted by molar-refractivity contribution is 7.91. The number of esters is 1. The second-order valence-corrected chi connectivity index (χ2v) is 10.4. The van der Waals surface area contributed by atoms with Gasteiger partial charge >= 0.3 is 12.0 Å². The van der Waals surface area contributed by atoms with Gasteiger partial charge in [-0.2, -0.15) is 5.10 Å². The number of aryl methyl sites for hydroxylation is 1. The molecule has 172 valence electrons. The summed E-state index contributed by atoms with van der Waals surface area (Å²) in [6.07, 6.45) is 2.34. The van der Waals surface area contributed by atoms with Crippen molar-refractivity contribution in [3.8, 4) is 0 Å². The lowest BCUT2D eigenvalue weighted by Gasteiger charge is -2.12. The van der Waals surface area contributed by atoms with Crippen molar-refractivity contribution < 1.29 is 27.5 Å². The van der Waals surface area contributed by atoms with Gasteiger partial charge in [0.2, 0.25) is 0 Å². The minimum atomic E-state index is -3.13. The molecule has 0 aromatic carbocycles. The van der Waals surface area contributed by atoms with Crippen molar-refractivity contribution in [1.82, 2.24) is 25.4 Å². The van der Waals surface area contributed by atoms with Crippen LogP contribution in [-0.4, -0.2) is 65.7 Å². The van der Waals surface area contributed by atoms with Crippen molar-refractivity contribution in [3.05, 3.63) is 23.0 Å². The summed E-state index contributed by atoms with van der Waals surface area (Å²) in [6.45, 7) is 3.16. The number of amides is 3. The van der Waals surface area contributed by atoms with Crippen LogP contribution in [0.25, 0.3) is 11.0 Å². The van der Waals surface area contributed by atoms with E-state index >= 15 is 0 Å². The molecular weight excluding hydrogens is 438 g/mol. The van der Waals surface area contributed by atoms with E-state index in [-0.39, 0.29) is 29.0 Å². The van der Waals surface area contributed by atoms with Crippen molar-refractivity contribution in [2.75, 3.05) is 24.7 Å². The Hall–Kier alpha value is -3.02. The molecule has 2 aromatic heterocycles. The molecule has 0 radical (unpaired) electrons. The Morgan fingerprint density at radius 3 is 2.62 bits per heavy atom. The largest absolute Gasteiger partial charge is 0.452 e. The van der Waals surface area contributed by atoms with Crippen molar-refractivity contribution in [2.24, 2.45) is 0 Å². The molecule has 3 amide bonds. The monoisotopic (exact) mass is 463 g/mol. The van der Waals surface area contributed by atoms with Gasteiger partial charge in [0.05, 0.1) is 34.2 Å². The van der Waals surface area contributed by atoms with Gasteiger partial charge in [-0.15, -0.1) is 0 Å². The average Bonchev–Trinajstić information content (AvgIpc) is 3.45. The molecule has 1 aliphatic heterocycles.